The highest BCUT2D eigenvalue weighted by atomic mass is 79.9. The standard InChI is InChI=1S/C16H15BrN2O2S2/c1-19(9-10-6-7-14(17)22-10)15(20)8-13-16(21)18-11-4-2-3-5-12(11)23-13/h2-7,13H,8-9H2,1H3,(H,18,21)/t13-/m0/s1. The third kappa shape index (κ3) is 3.97. The van der Waals surface area contributed by atoms with Crippen molar-refractivity contribution in [1.82, 2.24) is 4.90 Å². The summed E-state index contributed by atoms with van der Waals surface area (Å²) in [5.41, 5.74) is 0.822. The number of carbonyl (C=O) groups is 2. The Labute approximate surface area is 151 Å². The predicted molar refractivity (Wildman–Crippen MR) is 97.8 cm³/mol. The highest BCUT2D eigenvalue weighted by Crippen LogP contribution is 2.36. The van der Waals surface area contributed by atoms with E-state index in [4.69, 9.17) is 0 Å². The first-order valence-electron chi connectivity index (χ1n) is 7.07. The number of amides is 2. The lowest BCUT2D eigenvalue weighted by atomic mass is 10.2. The Morgan fingerprint density at radius 1 is 1.30 bits per heavy atom. The summed E-state index contributed by atoms with van der Waals surface area (Å²) < 4.78 is 1.05. The van der Waals surface area contributed by atoms with Gasteiger partial charge >= 0.3 is 0 Å². The van der Waals surface area contributed by atoms with E-state index in [1.807, 2.05) is 36.4 Å². The maximum absolute atomic E-state index is 12.4. The van der Waals surface area contributed by atoms with Crippen LogP contribution in [-0.2, 0) is 16.1 Å². The largest absolute Gasteiger partial charge is 0.341 e. The lowest BCUT2D eigenvalue weighted by molar-refractivity contribution is -0.131. The van der Waals surface area contributed by atoms with Gasteiger partial charge in [-0.1, -0.05) is 12.1 Å². The topological polar surface area (TPSA) is 49.4 Å². The van der Waals surface area contributed by atoms with Crippen LogP contribution in [0.25, 0.3) is 0 Å². The van der Waals surface area contributed by atoms with E-state index in [0.717, 1.165) is 19.2 Å². The molecule has 0 fully saturated rings. The van der Waals surface area contributed by atoms with Crippen LogP contribution >= 0.6 is 39.0 Å². The average molecular weight is 411 g/mol. The van der Waals surface area contributed by atoms with Gasteiger partial charge in [-0.15, -0.1) is 23.1 Å². The van der Waals surface area contributed by atoms with Crippen molar-refractivity contribution in [2.75, 3.05) is 12.4 Å². The maximum atomic E-state index is 12.4. The van der Waals surface area contributed by atoms with E-state index in [9.17, 15) is 9.59 Å². The Balaban J connectivity index is 1.62. The molecule has 1 aromatic carbocycles. The maximum Gasteiger partial charge on any atom is 0.238 e. The number of hydrogen-bond acceptors (Lipinski definition) is 4. The van der Waals surface area contributed by atoms with Gasteiger partial charge in [0.15, 0.2) is 0 Å². The fourth-order valence-corrected chi connectivity index (χ4v) is 4.94. The van der Waals surface area contributed by atoms with Crippen LogP contribution in [0, 0.1) is 0 Å². The molecule has 2 aromatic rings. The van der Waals surface area contributed by atoms with E-state index in [1.165, 1.54) is 11.8 Å². The minimum atomic E-state index is -0.380. The number of nitrogens with zero attached hydrogens (tertiary/aromatic N) is 1. The van der Waals surface area contributed by atoms with Gasteiger partial charge in [0.2, 0.25) is 11.8 Å². The number of anilines is 1. The van der Waals surface area contributed by atoms with Crippen LogP contribution in [0.15, 0.2) is 45.1 Å². The quantitative estimate of drug-likeness (QED) is 0.829. The Bertz CT molecular complexity index is 747. The van der Waals surface area contributed by atoms with Crippen LogP contribution in [-0.4, -0.2) is 29.0 Å². The molecule has 120 valence electrons. The molecular weight excluding hydrogens is 396 g/mol. The first kappa shape index (κ1) is 16.5. The molecule has 0 bridgehead atoms. The van der Waals surface area contributed by atoms with Gasteiger partial charge < -0.3 is 10.2 Å². The molecule has 1 aromatic heterocycles. The number of para-hydroxylation sites is 1. The van der Waals surface area contributed by atoms with Crippen molar-refractivity contribution >= 4 is 56.5 Å². The zero-order valence-corrected chi connectivity index (χ0v) is 15.6. The van der Waals surface area contributed by atoms with Crippen LogP contribution in [0.2, 0.25) is 0 Å². The smallest absolute Gasteiger partial charge is 0.238 e. The van der Waals surface area contributed by atoms with Crippen molar-refractivity contribution in [3.63, 3.8) is 0 Å². The first-order chi connectivity index (χ1) is 11.0. The number of nitrogens with one attached hydrogen (secondary N) is 1. The molecule has 1 N–H and O–H groups in total. The third-order valence-electron chi connectivity index (χ3n) is 3.51. The molecule has 0 unspecified atom stereocenters. The van der Waals surface area contributed by atoms with Crippen LogP contribution in [0.4, 0.5) is 5.69 Å². The minimum Gasteiger partial charge on any atom is -0.341 e. The highest BCUT2D eigenvalue weighted by Gasteiger charge is 2.29. The predicted octanol–water partition coefficient (Wildman–Crippen LogP) is 3.97. The number of hydrogen-bond donors (Lipinski definition) is 1. The average Bonchev–Trinajstić information content (AvgIpc) is 2.93. The molecule has 0 aliphatic carbocycles. The molecule has 2 heterocycles. The number of thioether (sulfide) groups is 1. The SMILES string of the molecule is CN(Cc1ccc(Br)s1)C(=O)C[C@@H]1Sc2ccccc2NC1=O. The second-order valence-electron chi connectivity index (χ2n) is 5.25. The van der Waals surface area contributed by atoms with Gasteiger partial charge in [-0.3, -0.25) is 9.59 Å². The van der Waals surface area contributed by atoms with Crippen molar-refractivity contribution in [2.24, 2.45) is 0 Å². The molecule has 4 nitrogen and oxygen atoms in total. The summed E-state index contributed by atoms with van der Waals surface area (Å²) in [6.45, 7) is 0.560. The Morgan fingerprint density at radius 3 is 2.83 bits per heavy atom. The number of thiophene rings is 1. The number of rotatable bonds is 4. The molecule has 1 aliphatic rings. The molecule has 0 saturated heterocycles. The second-order valence-corrected chi connectivity index (χ2v) is 9.04. The Kier molecular flexibility index (Phi) is 5.08. The molecule has 23 heavy (non-hydrogen) atoms. The van der Waals surface area contributed by atoms with E-state index in [1.54, 1.807) is 23.3 Å². The lowest BCUT2D eigenvalue weighted by Gasteiger charge is -2.25. The molecule has 0 radical (unpaired) electrons. The number of carbonyl (C=O) groups excluding carboxylic acids is 2. The number of fused-ring (bicyclic) bond motifs is 1. The zero-order valence-electron chi connectivity index (χ0n) is 12.4. The van der Waals surface area contributed by atoms with E-state index >= 15 is 0 Å². The van der Waals surface area contributed by atoms with Crippen LogP contribution in [0.3, 0.4) is 0 Å². The van der Waals surface area contributed by atoms with Gasteiger partial charge in [0.05, 0.1) is 21.3 Å². The molecular formula is C16H15BrN2O2S2. The molecule has 0 spiro atoms. The molecule has 1 aliphatic heterocycles. The van der Waals surface area contributed by atoms with Crippen molar-refractivity contribution < 1.29 is 9.59 Å². The highest BCUT2D eigenvalue weighted by molar-refractivity contribution is 9.11. The van der Waals surface area contributed by atoms with E-state index < -0.39 is 0 Å². The summed E-state index contributed by atoms with van der Waals surface area (Å²) >= 11 is 6.49. The summed E-state index contributed by atoms with van der Waals surface area (Å²) in [5, 5.41) is 2.49. The summed E-state index contributed by atoms with van der Waals surface area (Å²) in [6, 6.07) is 11.6. The van der Waals surface area contributed by atoms with E-state index in [0.29, 0.717) is 6.54 Å². The second kappa shape index (κ2) is 7.07. The van der Waals surface area contributed by atoms with Crippen LogP contribution in [0.1, 0.15) is 11.3 Å². The third-order valence-corrected chi connectivity index (χ3v) is 6.40. The number of halogens is 1. The fourth-order valence-electron chi connectivity index (χ4n) is 2.30. The Morgan fingerprint density at radius 2 is 2.09 bits per heavy atom. The van der Waals surface area contributed by atoms with Crippen molar-refractivity contribution in [3.05, 3.63) is 45.1 Å². The van der Waals surface area contributed by atoms with Gasteiger partial charge in [-0.2, -0.15) is 0 Å². The number of benzene rings is 1. The van der Waals surface area contributed by atoms with E-state index in [-0.39, 0.29) is 23.5 Å². The molecule has 7 heteroatoms. The molecule has 1 atom stereocenters. The molecule has 3 rings (SSSR count). The zero-order chi connectivity index (χ0) is 16.4. The van der Waals surface area contributed by atoms with Gasteiger partial charge in [-0.05, 0) is 40.2 Å². The van der Waals surface area contributed by atoms with Crippen molar-refractivity contribution in [1.29, 1.82) is 0 Å². The normalized spacial score (nSPS) is 16.6. The van der Waals surface area contributed by atoms with Crippen LogP contribution in [0.5, 0.6) is 0 Å². The lowest BCUT2D eigenvalue weighted by Crippen LogP contribution is -2.35. The molecule has 2 amide bonds. The summed E-state index contributed by atoms with van der Waals surface area (Å²) in [6.07, 6.45) is 0.202. The summed E-state index contributed by atoms with van der Waals surface area (Å²) in [4.78, 5) is 28.4. The van der Waals surface area contributed by atoms with Crippen LogP contribution < -0.4 is 5.32 Å². The molecule has 0 saturated carbocycles. The summed E-state index contributed by atoms with van der Waals surface area (Å²) in [7, 11) is 1.77. The first-order valence-corrected chi connectivity index (χ1v) is 9.56. The van der Waals surface area contributed by atoms with Gasteiger partial charge in [0.1, 0.15) is 0 Å². The summed E-state index contributed by atoms with van der Waals surface area (Å²) in [5.74, 6) is -0.129. The van der Waals surface area contributed by atoms with E-state index in [2.05, 4.69) is 21.2 Å². The monoisotopic (exact) mass is 410 g/mol. The minimum absolute atomic E-state index is 0.0263. The van der Waals surface area contributed by atoms with Crippen molar-refractivity contribution in [3.8, 4) is 0 Å². The fraction of sp³-hybridized carbons (Fsp3) is 0.250. The van der Waals surface area contributed by atoms with Gasteiger partial charge in [-0.25, -0.2) is 0 Å². The van der Waals surface area contributed by atoms with Gasteiger partial charge in [0, 0.05) is 23.2 Å². The van der Waals surface area contributed by atoms with Crippen molar-refractivity contribution in [2.45, 2.75) is 23.1 Å². The van der Waals surface area contributed by atoms with Gasteiger partial charge in [0.25, 0.3) is 0 Å². The Hall–Kier alpha value is -1.31.